The fourth-order valence-electron chi connectivity index (χ4n) is 2.06. The highest BCUT2D eigenvalue weighted by atomic mass is 16.5. The molecule has 1 saturated heterocycles. The van der Waals surface area contributed by atoms with Gasteiger partial charge in [0, 0.05) is 24.4 Å². The molecule has 1 aromatic carbocycles. The number of carboxylic acid groups (broad SMARTS) is 1. The Morgan fingerprint density at radius 3 is 2.95 bits per heavy atom. The minimum Gasteiger partial charge on any atom is -0.480 e. The summed E-state index contributed by atoms with van der Waals surface area (Å²) in [6.45, 7) is 1.09. The number of hydrogen-bond donors (Lipinski definition) is 3. The molecule has 1 aliphatic heterocycles. The molecule has 0 aromatic heterocycles. The molecule has 0 unspecified atom stereocenters. The van der Waals surface area contributed by atoms with E-state index in [1.54, 1.807) is 24.3 Å². The van der Waals surface area contributed by atoms with Crippen LogP contribution in [0.25, 0.3) is 0 Å². The molecule has 108 valence electrons. The third-order valence-electron chi connectivity index (χ3n) is 3.08. The summed E-state index contributed by atoms with van der Waals surface area (Å²) in [5.41, 5.74) is 1.11. The molecular formula is C14H18N2O4. The van der Waals surface area contributed by atoms with Crippen LogP contribution >= 0.6 is 0 Å². The quantitative estimate of drug-likeness (QED) is 0.725. The summed E-state index contributed by atoms with van der Waals surface area (Å²) >= 11 is 0. The van der Waals surface area contributed by atoms with Crippen molar-refractivity contribution in [3.63, 3.8) is 0 Å². The number of hydrogen-bond acceptors (Lipinski definition) is 4. The molecule has 1 aromatic rings. The van der Waals surface area contributed by atoms with E-state index in [1.165, 1.54) is 0 Å². The minimum absolute atomic E-state index is 0.104. The number of rotatable bonds is 6. The van der Waals surface area contributed by atoms with Gasteiger partial charge in [-0.25, -0.2) is 0 Å². The molecule has 1 fully saturated rings. The Morgan fingerprint density at radius 2 is 2.25 bits per heavy atom. The first-order chi connectivity index (χ1) is 9.65. The van der Waals surface area contributed by atoms with Gasteiger partial charge in [-0.1, -0.05) is 6.07 Å². The van der Waals surface area contributed by atoms with E-state index in [1.807, 2.05) is 0 Å². The second kappa shape index (κ2) is 6.91. The lowest BCUT2D eigenvalue weighted by atomic mass is 10.1. The zero-order valence-electron chi connectivity index (χ0n) is 11.1. The van der Waals surface area contributed by atoms with Crippen LogP contribution < -0.4 is 10.6 Å². The normalized spacial score (nSPS) is 17.7. The van der Waals surface area contributed by atoms with Crippen molar-refractivity contribution < 1.29 is 19.4 Å². The average Bonchev–Trinajstić information content (AvgIpc) is 2.96. The fraction of sp³-hybridized carbons (Fsp3) is 0.429. The van der Waals surface area contributed by atoms with Crippen LogP contribution in [0.15, 0.2) is 24.3 Å². The minimum atomic E-state index is -0.946. The van der Waals surface area contributed by atoms with Gasteiger partial charge in [-0.05, 0) is 31.0 Å². The number of carbonyl (C=O) groups is 2. The van der Waals surface area contributed by atoms with Gasteiger partial charge in [-0.2, -0.15) is 0 Å². The SMILES string of the molecule is O=C(O)CNc1cccc(C(=O)NC[C@@H]2CCCO2)c1. The van der Waals surface area contributed by atoms with Crippen LogP contribution in [0, 0.1) is 0 Å². The second-order valence-electron chi connectivity index (χ2n) is 4.67. The van der Waals surface area contributed by atoms with E-state index in [9.17, 15) is 9.59 Å². The second-order valence-corrected chi connectivity index (χ2v) is 4.67. The summed E-state index contributed by atoms with van der Waals surface area (Å²) in [4.78, 5) is 22.5. The summed E-state index contributed by atoms with van der Waals surface area (Å²) in [5.74, 6) is -1.13. The Kier molecular flexibility index (Phi) is 4.95. The van der Waals surface area contributed by atoms with Crippen molar-refractivity contribution in [2.75, 3.05) is 25.0 Å². The molecule has 0 spiro atoms. The van der Waals surface area contributed by atoms with Gasteiger partial charge in [0.25, 0.3) is 5.91 Å². The predicted molar refractivity (Wildman–Crippen MR) is 73.9 cm³/mol. The fourth-order valence-corrected chi connectivity index (χ4v) is 2.06. The molecule has 6 heteroatoms. The van der Waals surface area contributed by atoms with E-state index in [2.05, 4.69) is 10.6 Å². The molecule has 0 aliphatic carbocycles. The van der Waals surface area contributed by atoms with Crippen molar-refractivity contribution in [1.29, 1.82) is 0 Å². The van der Waals surface area contributed by atoms with Crippen molar-refractivity contribution in [2.45, 2.75) is 18.9 Å². The number of ether oxygens (including phenoxy) is 1. The molecule has 0 radical (unpaired) electrons. The van der Waals surface area contributed by atoms with Crippen LogP contribution in [-0.2, 0) is 9.53 Å². The lowest BCUT2D eigenvalue weighted by Crippen LogP contribution is -2.31. The summed E-state index contributed by atoms with van der Waals surface area (Å²) in [6.07, 6.45) is 2.11. The van der Waals surface area contributed by atoms with E-state index in [0.29, 0.717) is 17.8 Å². The van der Waals surface area contributed by atoms with Gasteiger partial charge >= 0.3 is 5.97 Å². The number of carbonyl (C=O) groups excluding carboxylic acids is 1. The Morgan fingerprint density at radius 1 is 1.40 bits per heavy atom. The molecule has 6 nitrogen and oxygen atoms in total. The number of carboxylic acids is 1. The Bertz CT molecular complexity index is 484. The first kappa shape index (κ1) is 14.3. The van der Waals surface area contributed by atoms with Gasteiger partial charge in [0.2, 0.25) is 0 Å². The molecule has 1 heterocycles. The zero-order chi connectivity index (χ0) is 14.4. The molecule has 1 amide bonds. The average molecular weight is 278 g/mol. The van der Waals surface area contributed by atoms with Gasteiger partial charge in [-0.3, -0.25) is 9.59 Å². The van der Waals surface area contributed by atoms with Crippen molar-refractivity contribution in [2.24, 2.45) is 0 Å². The molecule has 0 bridgehead atoms. The van der Waals surface area contributed by atoms with Gasteiger partial charge in [0.15, 0.2) is 0 Å². The molecule has 2 rings (SSSR count). The molecule has 0 saturated carbocycles. The zero-order valence-corrected chi connectivity index (χ0v) is 11.1. The number of benzene rings is 1. The highest BCUT2D eigenvalue weighted by Gasteiger charge is 2.16. The molecule has 20 heavy (non-hydrogen) atoms. The maximum Gasteiger partial charge on any atom is 0.322 e. The number of nitrogens with one attached hydrogen (secondary N) is 2. The van der Waals surface area contributed by atoms with Gasteiger partial charge in [0.1, 0.15) is 6.54 Å². The summed E-state index contributed by atoms with van der Waals surface area (Å²) in [6, 6.07) is 6.76. The molecule has 3 N–H and O–H groups in total. The van der Waals surface area contributed by atoms with Crippen LogP contribution in [0.5, 0.6) is 0 Å². The highest BCUT2D eigenvalue weighted by Crippen LogP contribution is 2.12. The van der Waals surface area contributed by atoms with Crippen LogP contribution in [0.4, 0.5) is 5.69 Å². The maximum atomic E-state index is 12.0. The van der Waals surface area contributed by atoms with E-state index in [-0.39, 0.29) is 18.6 Å². The Balaban J connectivity index is 1.88. The van der Waals surface area contributed by atoms with Gasteiger partial charge < -0.3 is 20.5 Å². The molecule has 1 atom stereocenters. The lowest BCUT2D eigenvalue weighted by molar-refractivity contribution is -0.134. The molecule has 1 aliphatic rings. The van der Waals surface area contributed by atoms with Crippen LogP contribution in [0.1, 0.15) is 23.2 Å². The largest absolute Gasteiger partial charge is 0.480 e. The van der Waals surface area contributed by atoms with Crippen LogP contribution in [0.3, 0.4) is 0 Å². The number of aliphatic carboxylic acids is 1. The monoisotopic (exact) mass is 278 g/mol. The smallest absolute Gasteiger partial charge is 0.322 e. The Hall–Kier alpha value is -2.08. The third kappa shape index (κ3) is 4.24. The topological polar surface area (TPSA) is 87.7 Å². The first-order valence-electron chi connectivity index (χ1n) is 6.60. The van der Waals surface area contributed by atoms with Crippen molar-refractivity contribution in [3.8, 4) is 0 Å². The first-order valence-corrected chi connectivity index (χ1v) is 6.60. The number of anilines is 1. The summed E-state index contributed by atoms with van der Waals surface area (Å²) in [7, 11) is 0. The van der Waals surface area contributed by atoms with Gasteiger partial charge in [-0.15, -0.1) is 0 Å². The standard InChI is InChI=1S/C14H18N2O4/c17-13(18)9-15-11-4-1-3-10(7-11)14(19)16-8-12-5-2-6-20-12/h1,3-4,7,12,15H,2,5-6,8-9H2,(H,16,19)(H,17,18)/t12-/m0/s1. The van der Waals surface area contributed by atoms with E-state index >= 15 is 0 Å². The van der Waals surface area contributed by atoms with E-state index in [0.717, 1.165) is 19.4 Å². The van der Waals surface area contributed by atoms with Crippen LogP contribution in [-0.4, -0.2) is 42.8 Å². The highest BCUT2D eigenvalue weighted by molar-refractivity contribution is 5.95. The predicted octanol–water partition coefficient (Wildman–Crippen LogP) is 1.09. The van der Waals surface area contributed by atoms with Crippen molar-refractivity contribution >= 4 is 17.6 Å². The van der Waals surface area contributed by atoms with Gasteiger partial charge in [0.05, 0.1) is 6.10 Å². The molecular weight excluding hydrogens is 260 g/mol. The van der Waals surface area contributed by atoms with Crippen LogP contribution in [0.2, 0.25) is 0 Å². The maximum absolute atomic E-state index is 12.0. The third-order valence-corrected chi connectivity index (χ3v) is 3.08. The summed E-state index contributed by atoms with van der Waals surface area (Å²) < 4.78 is 5.44. The lowest BCUT2D eigenvalue weighted by Gasteiger charge is -2.11. The van der Waals surface area contributed by atoms with E-state index < -0.39 is 5.97 Å². The number of amides is 1. The summed E-state index contributed by atoms with van der Waals surface area (Å²) in [5, 5.41) is 14.2. The Labute approximate surface area is 117 Å². The van der Waals surface area contributed by atoms with Crippen molar-refractivity contribution in [3.05, 3.63) is 29.8 Å². The van der Waals surface area contributed by atoms with Crippen molar-refractivity contribution in [1.82, 2.24) is 5.32 Å². The van der Waals surface area contributed by atoms with E-state index in [4.69, 9.17) is 9.84 Å².